The molecule has 1 amide bonds. The number of rotatable bonds is 6. The summed E-state index contributed by atoms with van der Waals surface area (Å²) in [6, 6.07) is 22.3. The number of hydrogen-bond acceptors (Lipinski definition) is 3. The predicted molar refractivity (Wildman–Crippen MR) is 110 cm³/mol. The third-order valence-electron chi connectivity index (χ3n) is 4.78. The second-order valence-electron chi connectivity index (χ2n) is 6.71. The van der Waals surface area contributed by atoms with Gasteiger partial charge in [-0.1, -0.05) is 48.5 Å². The summed E-state index contributed by atoms with van der Waals surface area (Å²) in [5.41, 5.74) is 5.64. The van der Waals surface area contributed by atoms with Crippen molar-refractivity contribution in [2.24, 2.45) is 0 Å². The van der Waals surface area contributed by atoms with E-state index in [9.17, 15) is 13.2 Å². The Labute approximate surface area is 164 Å². The lowest BCUT2D eigenvalue weighted by Gasteiger charge is -2.09. The van der Waals surface area contributed by atoms with Crippen molar-refractivity contribution in [1.29, 1.82) is 0 Å². The lowest BCUT2D eigenvalue weighted by Crippen LogP contribution is -2.27. The zero-order chi connectivity index (χ0) is 19.6. The van der Waals surface area contributed by atoms with Crippen molar-refractivity contribution < 1.29 is 13.2 Å². The molecule has 142 valence electrons. The molecule has 4 rings (SSSR count). The van der Waals surface area contributed by atoms with Crippen molar-refractivity contribution in [3.8, 4) is 11.1 Å². The highest BCUT2D eigenvalue weighted by Crippen LogP contribution is 2.37. The molecule has 6 heteroatoms. The molecule has 2 N–H and O–H groups in total. The zero-order valence-corrected chi connectivity index (χ0v) is 16.0. The number of anilines is 1. The van der Waals surface area contributed by atoms with E-state index in [0.717, 1.165) is 12.1 Å². The standard InChI is InChI=1S/C22H20N2O3S/c25-22(12-13-23-28(26,27)19-7-2-1-3-8-19)24-18-10-11-21-17(15-18)14-16-6-4-5-9-20(16)21/h1-11,15,23H,12-14H2,(H,24,25). The Bertz CT molecular complexity index is 1130. The van der Waals surface area contributed by atoms with Crippen LogP contribution in [-0.2, 0) is 21.2 Å². The minimum Gasteiger partial charge on any atom is -0.326 e. The fraction of sp³-hybridized carbons (Fsp3) is 0.136. The first-order valence-electron chi connectivity index (χ1n) is 9.09. The van der Waals surface area contributed by atoms with Crippen molar-refractivity contribution in [3.05, 3.63) is 83.9 Å². The van der Waals surface area contributed by atoms with E-state index in [0.29, 0.717) is 0 Å². The molecule has 0 radical (unpaired) electrons. The minimum atomic E-state index is -3.60. The number of carbonyl (C=O) groups is 1. The summed E-state index contributed by atoms with van der Waals surface area (Å²) in [7, 11) is -3.60. The van der Waals surface area contributed by atoms with E-state index in [1.807, 2.05) is 30.3 Å². The van der Waals surface area contributed by atoms with Crippen molar-refractivity contribution in [2.75, 3.05) is 11.9 Å². The highest BCUT2D eigenvalue weighted by atomic mass is 32.2. The smallest absolute Gasteiger partial charge is 0.240 e. The van der Waals surface area contributed by atoms with E-state index in [2.05, 4.69) is 22.2 Å². The second kappa shape index (κ2) is 7.58. The highest BCUT2D eigenvalue weighted by Gasteiger charge is 2.18. The summed E-state index contributed by atoms with van der Waals surface area (Å²) in [5.74, 6) is -0.230. The lowest BCUT2D eigenvalue weighted by atomic mass is 10.1. The van der Waals surface area contributed by atoms with Gasteiger partial charge in [0.1, 0.15) is 0 Å². The van der Waals surface area contributed by atoms with Gasteiger partial charge in [0.25, 0.3) is 0 Å². The third kappa shape index (κ3) is 3.83. The van der Waals surface area contributed by atoms with Crippen LogP contribution in [-0.4, -0.2) is 20.9 Å². The lowest BCUT2D eigenvalue weighted by molar-refractivity contribution is -0.116. The van der Waals surface area contributed by atoms with Crippen LogP contribution in [0.2, 0.25) is 0 Å². The summed E-state index contributed by atoms with van der Waals surface area (Å²) in [4.78, 5) is 12.4. The van der Waals surface area contributed by atoms with Crippen LogP contribution in [0.1, 0.15) is 17.5 Å². The molecule has 0 atom stereocenters. The summed E-state index contributed by atoms with van der Waals surface area (Å²) in [6.45, 7) is 0.0411. The zero-order valence-electron chi connectivity index (χ0n) is 15.2. The Hall–Kier alpha value is -2.96. The Morgan fingerprint density at radius 3 is 2.39 bits per heavy atom. The molecule has 0 heterocycles. The van der Waals surface area contributed by atoms with Crippen LogP contribution >= 0.6 is 0 Å². The van der Waals surface area contributed by atoms with Gasteiger partial charge in [0, 0.05) is 18.7 Å². The van der Waals surface area contributed by atoms with Gasteiger partial charge in [-0.25, -0.2) is 13.1 Å². The SMILES string of the molecule is O=C(CCNS(=O)(=O)c1ccccc1)Nc1ccc2c(c1)Cc1ccccc1-2. The molecule has 0 aromatic heterocycles. The van der Waals surface area contributed by atoms with E-state index < -0.39 is 10.0 Å². The van der Waals surface area contributed by atoms with Gasteiger partial charge >= 0.3 is 0 Å². The number of sulfonamides is 1. The van der Waals surface area contributed by atoms with Crippen molar-refractivity contribution in [2.45, 2.75) is 17.7 Å². The maximum atomic E-state index is 12.2. The van der Waals surface area contributed by atoms with Crippen molar-refractivity contribution >= 4 is 21.6 Å². The Kier molecular flexibility index (Phi) is 4.98. The summed E-state index contributed by atoms with van der Waals surface area (Å²) in [5, 5.41) is 2.85. The molecule has 1 aliphatic rings. The predicted octanol–water partition coefficient (Wildman–Crippen LogP) is 3.56. The van der Waals surface area contributed by atoms with E-state index in [4.69, 9.17) is 0 Å². The molecule has 1 aliphatic carbocycles. The number of carbonyl (C=O) groups excluding carboxylic acids is 1. The molecule has 3 aromatic carbocycles. The fourth-order valence-corrected chi connectivity index (χ4v) is 4.48. The van der Waals surface area contributed by atoms with E-state index in [-0.39, 0.29) is 23.8 Å². The molecule has 28 heavy (non-hydrogen) atoms. The van der Waals surface area contributed by atoms with Gasteiger partial charge in [0.05, 0.1) is 4.90 Å². The van der Waals surface area contributed by atoms with Gasteiger partial charge in [0.2, 0.25) is 15.9 Å². The minimum absolute atomic E-state index is 0.0411. The molecule has 0 aliphatic heterocycles. The number of amides is 1. The number of hydrogen-bond donors (Lipinski definition) is 2. The molecule has 0 spiro atoms. The van der Waals surface area contributed by atoms with Crippen LogP contribution in [0.3, 0.4) is 0 Å². The van der Waals surface area contributed by atoms with E-state index >= 15 is 0 Å². The molecule has 0 fully saturated rings. The molecule has 0 saturated heterocycles. The van der Waals surface area contributed by atoms with Gasteiger partial charge < -0.3 is 5.32 Å². The maximum Gasteiger partial charge on any atom is 0.240 e. The quantitative estimate of drug-likeness (QED) is 0.527. The maximum absolute atomic E-state index is 12.2. The van der Waals surface area contributed by atoms with E-state index in [1.165, 1.54) is 34.4 Å². The van der Waals surface area contributed by atoms with Gasteiger partial charge in [-0.2, -0.15) is 0 Å². The first kappa shape index (κ1) is 18.4. The summed E-state index contributed by atoms with van der Waals surface area (Å²) in [6.07, 6.45) is 0.912. The van der Waals surface area contributed by atoms with E-state index in [1.54, 1.807) is 18.2 Å². The van der Waals surface area contributed by atoms with Crippen molar-refractivity contribution in [3.63, 3.8) is 0 Å². The van der Waals surface area contributed by atoms with Crippen LogP contribution < -0.4 is 10.0 Å². The molecule has 0 saturated carbocycles. The van der Waals surface area contributed by atoms with Crippen LogP contribution in [0.4, 0.5) is 5.69 Å². The van der Waals surface area contributed by atoms with Crippen LogP contribution in [0.25, 0.3) is 11.1 Å². The Morgan fingerprint density at radius 1 is 0.857 bits per heavy atom. The number of nitrogens with one attached hydrogen (secondary N) is 2. The first-order chi connectivity index (χ1) is 13.5. The number of benzene rings is 3. The molecule has 5 nitrogen and oxygen atoms in total. The molecule has 3 aromatic rings. The molecular formula is C22H20N2O3S. The second-order valence-corrected chi connectivity index (χ2v) is 8.48. The number of fused-ring (bicyclic) bond motifs is 3. The van der Waals surface area contributed by atoms with Gasteiger partial charge in [-0.05, 0) is 52.9 Å². The largest absolute Gasteiger partial charge is 0.326 e. The summed E-state index contributed by atoms with van der Waals surface area (Å²) < 4.78 is 26.8. The fourth-order valence-electron chi connectivity index (χ4n) is 3.43. The monoisotopic (exact) mass is 392 g/mol. The molecule has 0 unspecified atom stereocenters. The van der Waals surface area contributed by atoms with Gasteiger partial charge in [-0.3, -0.25) is 4.79 Å². The summed E-state index contributed by atoms with van der Waals surface area (Å²) >= 11 is 0. The Morgan fingerprint density at radius 2 is 1.57 bits per heavy atom. The van der Waals surface area contributed by atoms with Crippen LogP contribution in [0, 0.1) is 0 Å². The topological polar surface area (TPSA) is 75.3 Å². The average Bonchev–Trinajstić information content (AvgIpc) is 3.06. The van der Waals surface area contributed by atoms with Gasteiger partial charge in [0.15, 0.2) is 0 Å². The normalized spacial score (nSPS) is 12.3. The molecular weight excluding hydrogens is 372 g/mol. The first-order valence-corrected chi connectivity index (χ1v) is 10.6. The van der Waals surface area contributed by atoms with Gasteiger partial charge in [-0.15, -0.1) is 0 Å². The average molecular weight is 392 g/mol. The van der Waals surface area contributed by atoms with Crippen molar-refractivity contribution in [1.82, 2.24) is 4.72 Å². The van der Waals surface area contributed by atoms with Crippen LogP contribution in [0.5, 0.6) is 0 Å². The third-order valence-corrected chi connectivity index (χ3v) is 6.25. The molecule has 0 bridgehead atoms. The highest BCUT2D eigenvalue weighted by molar-refractivity contribution is 7.89. The van der Waals surface area contributed by atoms with Crippen LogP contribution in [0.15, 0.2) is 77.7 Å². The Balaban J connectivity index is 1.34.